The van der Waals surface area contributed by atoms with E-state index < -0.39 is 12.7 Å². The summed E-state index contributed by atoms with van der Waals surface area (Å²) in [6, 6.07) is 0. The summed E-state index contributed by atoms with van der Waals surface area (Å²) in [4.78, 5) is 0. The van der Waals surface area contributed by atoms with Crippen LogP contribution in [0.1, 0.15) is 12.8 Å². The number of nitrogens with zero attached hydrogens (tertiary/aromatic N) is 1. The van der Waals surface area contributed by atoms with Gasteiger partial charge in [0.05, 0.1) is 20.1 Å². The average molecular weight is 168 g/mol. The molecule has 0 aromatic rings. The molecular weight excluding hydrogens is 155 g/mol. The average Bonchev–Trinajstić information content (AvgIpc) is 2.09. The quantitative estimate of drug-likeness (QED) is 0.523. The Balaban J connectivity index is 2.46. The van der Waals surface area contributed by atoms with Crippen molar-refractivity contribution in [1.82, 2.24) is 0 Å². The first-order valence-electron chi connectivity index (χ1n) is 3.82. The van der Waals surface area contributed by atoms with Crippen LogP contribution in [-0.2, 0) is 0 Å². The molecule has 4 heteroatoms. The minimum atomic E-state index is -4.00. The molecule has 1 aliphatic rings. The number of alkyl halides is 3. The maximum Gasteiger partial charge on any atom is 0.438 e. The highest BCUT2D eigenvalue weighted by Crippen LogP contribution is 2.24. The Morgan fingerprint density at radius 3 is 2.00 bits per heavy atom. The lowest BCUT2D eigenvalue weighted by Crippen LogP contribution is -2.47. The molecule has 0 unspecified atom stereocenters. The minimum Gasteiger partial charge on any atom is -0.319 e. The summed E-state index contributed by atoms with van der Waals surface area (Å²) in [5, 5.41) is 0. The van der Waals surface area contributed by atoms with Crippen molar-refractivity contribution in [2.45, 2.75) is 19.0 Å². The smallest absolute Gasteiger partial charge is 0.319 e. The van der Waals surface area contributed by atoms with Crippen LogP contribution >= 0.6 is 0 Å². The van der Waals surface area contributed by atoms with E-state index >= 15 is 0 Å². The molecule has 0 aromatic heterocycles. The highest BCUT2D eigenvalue weighted by Gasteiger charge is 2.41. The zero-order valence-corrected chi connectivity index (χ0v) is 6.62. The van der Waals surface area contributed by atoms with Crippen molar-refractivity contribution in [2.24, 2.45) is 0 Å². The van der Waals surface area contributed by atoms with Gasteiger partial charge in [-0.3, -0.25) is 0 Å². The molecule has 0 aliphatic carbocycles. The molecule has 1 nitrogen and oxygen atoms in total. The van der Waals surface area contributed by atoms with Gasteiger partial charge in [0.1, 0.15) is 0 Å². The fraction of sp³-hybridized carbons (Fsp3) is 1.00. The largest absolute Gasteiger partial charge is 0.438 e. The fourth-order valence-electron chi connectivity index (χ4n) is 1.69. The third-order valence-corrected chi connectivity index (χ3v) is 2.21. The molecule has 1 rings (SSSR count). The SMILES string of the molecule is C[N+]1(CC(F)(F)F)CCCC1. The third kappa shape index (κ3) is 2.69. The lowest BCUT2D eigenvalue weighted by molar-refractivity contribution is -0.907. The van der Waals surface area contributed by atoms with Crippen molar-refractivity contribution in [3.8, 4) is 0 Å². The van der Waals surface area contributed by atoms with Gasteiger partial charge in [-0.2, -0.15) is 13.2 Å². The summed E-state index contributed by atoms with van der Waals surface area (Å²) in [5.41, 5.74) is 0. The normalized spacial score (nSPS) is 24.0. The summed E-state index contributed by atoms with van der Waals surface area (Å²) in [7, 11) is 1.68. The van der Waals surface area contributed by atoms with Gasteiger partial charge in [-0.05, 0) is 0 Å². The second kappa shape index (κ2) is 2.66. The molecule has 0 atom stereocenters. The lowest BCUT2D eigenvalue weighted by atomic mass is 10.4. The highest BCUT2D eigenvalue weighted by atomic mass is 19.4. The lowest BCUT2D eigenvalue weighted by Gasteiger charge is -2.29. The second-order valence-electron chi connectivity index (χ2n) is 3.55. The molecule has 0 spiro atoms. The van der Waals surface area contributed by atoms with Crippen molar-refractivity contribution >= 4 is 0 Å². The van der Waals surface area contributed by atoms with Crippen molar-refractivity contribution < 1.29 is 17.7 Å². The summed E-state index contributed by atoms with van der Waals surface area (Å²) < 4.78 is 36.0. The van der Waals surface area contributed by atoms with E-state index in [9.17, 15) is 13.2 Å². The first kappa shape index (κ1) is 8.84. The van der Waals surface area contributed by atoms with E-state index in [0.717, 1.165) is 12.8 Å². The van der Waals surface area contributed by atoms with Crippen LogP contribution in [0.15, 0.2) is 0 Å². The number of hydrogen-bond donors (Lipinski definition) is 0. The molecular formula is C7H13F3N+. The third-order valence-electron chi connectivity index (χ3n) is 2.21. The fourth-order valence-corrected chi connectivity index (χ4v) is 1.69. The molecule has 0 bridgehead atoms. The maximum absolute atomic E-state index is 11.9. The van der Waals surface area contributed by atoms with E-state index in [4.69, 9.17) is 0 Å². The molecule has 0 aromatic carbocycles. The van der Waals surface area contributed by atoms with E-state index in [1.165, 1.54) is 0 Å². The predicted octanol–water partition coefficient (Wildman–Crippen LogP) is 1.79. The summed E-state index contributed by atoms with van der Waals surface area (Å²) in [6.07, 6.45) is -2.13. The molecule has 0 saturated carbocycles. The van der Waals surface area contributed by atoms with E-state index in [2.05, 4.69) is 0 Å². The zero-order chi connectivity index (χ0) is 8.54. The van der Waals surface area contributed by atoms with E-state index in [-0.39, 0.29) is 4.48 Å². The number of rotatable bonds is 1. The van der Waals surface area contributed by atoms with Crippen LogP contribution < -0.4 is 0 Å². The number of halogens is 3. The second-order valence-corrected chi connectivity index (χ2v) is 3.55. The summed E-state index contributed by atoms with van der Waals surface area (Å²) >= 11 is 0. The number of hydrogen-bond acceptors (Lipinski definition) is 0. The van der Waals surface area contributed by atoms with Gasteiger partial charge in [0.15, 0.2) is 6.54 Å². The van der Waals surface area contributed by atoms with Crippen molar-refractivity contribution in [2.75, 3.05) is 26.7 Å². The Morgan fingerprint density at radius 2 is 1.64 bits per heavy atom. The standard InChI is InChI=1S/C7H13F3N/c1-11(4-2-3-5-11)6-7(8,9)10/h2-6H2,1H3/q+1. The molecule has 0 N–H and O–H groups in total. The van der Waals surface area contributed by atoms with E-state index in [1.807, 2.05) is 0 Å². The van der Waals surface area contributed by atoms with Crippen molar-refractivity contribution in [1.29, 1.82) is 0 Å². The Hall–Kier alpha value is -0.250. The van der Waals surface area contributed by atoms with E-state index in [0.29, 0.717) is 13.1 Å². The Labute approximate surface area is 64.4 Å². The van der Waals surface area contributed by atoms with Crippen LogP contribution in [0.3, 0.4) is 0 Å². The summed E-state index contributed by atoms with van der Waals surface area (Å²) in [5.74, 6) is 0. The van der Waals surface area contributed by atoms with Gasteiger partial charge in [0.25, 0.3) is 0 Å². The van der Waals surface area contributed by atoms with Crippen LogP contribution in [0.25, 0.3) is 0 Å². The van der Waals surface area contributed by atoms with E-state index in [1.54, 1.807) is 7.05 Å². The topological polar surface area (TPSA) is 0 Å². The highest BCUT2D eigenvalue weighted by molar-refractivity contribution is 4.56. The number of quaternary nitrogens is 1. The first-order valence-corrected chi connectivity index (χ1v) is 3.82. The molecule has 1 fully saturated rings. The van der Waals surface area contributed by atoms with Gasteiger partial charge >= 0.3 is 6.18 Å². The summed E-state index contributed by atoms with van der Waals surface area (Å²) in [6.45, 7) is 0.700. The van der Waals surface area contributed by atoms with Gasteiger partial charge in [0, 0.05) is 12.8 Å². The van der Waals surface area contributed by atoms with Gasteiger partial charge in [0.2, 0.25) is 0 Å². The van der Waals surface area contributed by atoms with Gasteiger partial charge < -0.3 is 4.48 Å². The first-order chi connectivity index (χ1) is 4.91. The maximum atomic E-state index is 11.9. The molecule has 0 amide bonds. The molecule has 0 radical (unpaired) electrons. The number of likely N-dealkylation sites (tertiary alicyclic amines) is 1. The van der Waals surface area contributed by atoms with Crippen LogP contribution in [-0.4, -0.2) is 37.3 Å². The van der Waals surface area contributed by atoms with Crippen molar-refractivity contribution in [3.05, 3.63) is 0 Å². The molecule has 1 saturated heterocycles. The molecule has 1 heterocycles. The zero-order valence-electron chi connectivity index (χ0n) is 6.62. The van der Waals surface area contributed by atoms with Crippen LogP contribution in [0.5, 0.6) is 0 Å². The Morgan fingerprint density at radius 1 is 1.18 bits per heavy atom. The van der Waals surface area contributed by atoms with Crippen LogP contribution in [0.2, 0.25) is 0 Å². The van der Waals surface area contributed by atoms with Gasteiger partial charge in [-0.25, -0.2) is 0 Å². The Bertz CT molecular complexity index is 135. The molecule has 1 aliphatic heterocycles. The van der Waals surface area contributed by atoms with Crippen LogP contribution in [0, 0.1) is 0 Å². The Kier molecular flexibility index (Phi) is 2.14. The van der Waals surface area contributed by atoms with Crippen LogP contribution in [0.4, 0.5) is 13.2 Å². The van der Waals surface area contributed by atoms with Gasteiger partial charge in [-0.15, -0.1) is 0 Å². The monoisotopic (exact) mass is 168 g/mol. The molecule has 66 valence electrons. The predicted molar refractivity (Wildman–Crippen MR) is 36.1 cm³/mol. The minimum absolute atomic E-state index is 0.184. The van der Waals surface area contributed by atoms with Gasteiger partial charge in [-0.1, -0.05) is 0 Å². The van der Waals surface area contributed by atoms with Crippen molar-refractivity contribution in [3.63, 3.8) is 0 Å². The molecule has 11 heavy (non-hydrogen) atoms.